The Morgan fingerprint density at radius 1 is 1.14 bits per heavy atom. The number of fused-ring (bicyclic) bond motifs is 1. The molecule has 1 aliphatic heterocycles. The monoisotopic (exact) mass is 413 g/mol. The molecule has 3 aromatic rings. The van der Waals surface area contributed by atoms with Crippen LogP contribution in [-0.4, -0.2) is 36.5 Å². The second-order valence-electron chi connectivity index (χ2n) is 6.31. The molecule has 1 aliphatic rings. The van der Waals surface area contributed by atoms with Crippen LogP contribution in [0.5, 0.6) is 11.5 Å². The smallest absolute Gasteiger partial charge is 0.246 e. The van der Waals surface area contributed by atoms with Crippen LogP contribution in [0.1, 0.15) is 11.5 Å². The molecule has 8 nitrogen and oxygen atoms in total. The first-order chi connectivity index (χ1) is 14.2. The Bertz CT molecular complexity index is 1020. The minimum atomic E-state index is 0.280. The lowest BCUT2D eigenvalue weighted by atomic mass is 10.1. The molecule has 0 amide bonds. The lowest BCUT2D eigenvalue weighted by molar-refractivity contribution is 0.174. The predicted octanol–water partition coefficient (Wildman–Crippen LogP) is 3.03. The van der Waals surface area contributed by atoms with Crippen molar-refractivity contribution in [2.24, 2.45) is 4.99 Å². The average Bonchev–Trinajstić information content (AvgIpc) is 3.39. The van der Waals surface area contributed by atoms with Gasteiger partial charge in [-0.05, 0) is 36.2 Å². The molecular weight excluding hydrogens is 394 g/mol. The van der Waals surface area contributed by atoms with E-state index in [0.717, 1.165) is 29.0 Å². The molecular formula is C20H20ClN5O3. The van der Waals surface area contributed by atoms with Gasteiger partial charge in [-0.15, -0.1) is 0 Å². The average molecular weight is 414 g/mol. The number of aliphatic imine (C=N–C) groups is 1. The third-order valence-corrected chi connectivity index (χ3v) is 4.56. The summed E-state index contributed by atoms with van der Waals surface area (Å²) in [5.74, 6) is 3.18. The number of aromatic nitrogens is 2. The van der Waals surface area contributed by atoms with Gasteiger partial charge in [-0.3, -0.25) is 4.99 Å². The second kappa shape index (κ2) is 8.83. The van der Waals surface area contributed by atoms with E-state index in [1.165, 1.54) is 0 Å². The van der Waals surface area contributed by atoms with Crippen LogP contribution in [-0.2, 0) is 13.0 Å². The molecule has 1 aromatic heterocycles. The molecule has 0 saturated carbocycles. The SMILES string of the molecule is CN=C(NCCc1ccc2c(c1)OCO2)NCc1nc(-c2cccc(Cl)c2)no1. The highest BCUT2D eigenvalue weighted by Gasteiger charge is 2.13. The van der Waals surface area contributed by atoms with E-state index in [0.29, 0.717) is 35.8 Å². The third-order valence-electron chi connectivity index (χ3n) is 4.32. The van der Waals surface area contributed by atoms with Gasteiger partial charge in [0.05, 0.1) is 6.54 Å². The van der Waals surface area contributed by atoms with Gasteiger partial charge in [0.25, 0.3) is 0 Å². The van der Waals surface area contributed by atoms with E-state index in [2.05, 4.69) is 25.8 Å². The highest BCUT2D eigenvalue weighted by atomic mass is 35.5. The summed E-state index contributed by atoms with van der Waals surface area (Å²) in [5, 5.41) is 11.0. The van der Waals surface area contributed by atoms with Gasteiger partial charge in [0, 0.05) is 24.2 Å². The summed E-state index contributed by atoms with van der Waals surface area (Å²) in [5.41, 5.74) is 1.96. The Labute approximate surface area is 172 Å². The number of ether oxygens (including phenoxy) is 2. The summed E-state index contributed by atoms with van der Waals surface area (Å²) in [7, 11) is 1.71. The van der Waals surface area contributed by atoms with Crippen molar-refractivity contribution in [1.29, 1.82) is 0 Å². The highest BCUT2D eigenvalue weighted by Crippen LogP contribution is 2.32. The summed E-state index contributed by atoms with van der Waals surface area (Å²) in [6.45, 7) is 1.34. The van der Waals surface area contributed by atoms with Gasteiger partial charge < -0.3 is 24.6 Å². The number of nitrogens with zero attached hydrogens (tertiary/aromatic N) is 3. The molecule has 29 heavy (non-hydrogen) atoms. The first-order valence-electron chi connectivity index (χ1n) is 9.13. The van der Waals surface area contributed by atoms with E-state index in [9.17, 15) is 0 Å². The fourth-order valence-corrected chi connectivity index (χ4v) is 3.06. The Morgan fingerprint density at radius 3 is 2.90 bits per heavy atom. The third kappa shape index (κ3) is 4.78. The van der Waals surface area contributed by atoms with Crippen molar-refractivity contribution in [3.63, 3.8) is 0 Å². The number of hydrogen-bond acceptors (Lipinski definition) is 6. The van der Waals surface area contributed by atoms with E-state index >= 15 is 0 Å². The van der Waals surface area contributed by atoms with Crippen molar-refractivity contribution in [2.75, 3.05) is 20.4 Å². The first kappa shape index (κ1) is 19.1. The fourth-order valence-electron chi connectivity index (χ4n) is 2.87. The van der Waals surface area contributed by atoms with E-state index in [1.807, 2.05) is 30.3 Å². The molecule has 2 N–H and O–H groups in total. The minimum Gasteiger partial charge on any atom is -0.454 e. The summed E-state index contributed by atoms with van der Waals surface area (Å²) in [6, 6.07) is 13.3. The largest absolute Gasteiger partial charge is 0.454 e. The van der Waals surface area contributed by atoms with Crippen LogP contribution < -0.4 is 20.1 Å². The Morgan fingerprint density at radius 2 is 2.03 bits per heavy atom. The number of benzene rings is 2. The molecule has 0 saturated heterocycles. The van der Waals surface area contributed by atoms with Crippen LogP contribution in [0.2, 0.25) is 5.02 Å². The second-order valence-corrected chi connectivity index (χ2v) is 6.75. The molecule has 0 radical (unpaired) electrons. The van der Waals surface area contributed by atoms with E-state index in [-0.39, 0.29) is 6.79 Å². The van der Waals surface area contributed by atoms with Gasteiger partial charge in [0.2, 0.25) is 18.5 Å². The topological polar surface area (TPSA) is 93.8 Å². The Kier molecular flexibility index (Phi) is 5.81. The molecule has 0 bridgehead atoms. The lowest BCUT2D eigenvalue weighted by Gasteiger charge is -2.10. The van der Waals surface area contributed by atoms with Crippen LogP contribution in [0.25, 0.3) is 11.4 Å². The molecule has 0 spiro atoms. The molecule has 2 aromatic carbocycles. The number of hydrogen-bond donors (Lipinski definition) is 2. The van der Waals surface area contributed by atoms with Crippen LogP contribution in [0.3, 0.4) is 0 Å². The number of rotatable bonds is 6. The zero-order valence-electron chi connectivity index (χ0n) is 15.8. The molecule has 0 aliphatic carbocycles. The van der Waals surface area contributed by atoms with Crippen molar-refractivity contribution >= 4 is 17.6 Å². The molecule has 2 heterocycles. The number of nitrogens with one attached hydrogen (secondary N) is 2. The Hall–Kier alpha value is -3.26. The van der Waals surface area contributed by atoms with Gasteiger partial charge in [0.15, 0.2) is 17.5 Å². The molecule has 9 heteroatoms. The minimum absolute atomic E-state index is 0.280. The number of halogens is 1. The lowest BCUT2D eigenvalue weighted by Crippen LogP contribution is -2.37. The quantitative estimate of drug-likeness (QED) is 0.473. The predicted molar refractivity (Wildman–Crippen MR) is 109 cm³/mol. The van der Waals surface area contributed by atoms with Gasteiger partial charge >= 0.3 is 0 Å². The van der Waals surface area contributed by atoms with Crippen molar-refractivity contribution in [3.8, 4) is 22.9 Å². The van der Waals surface area contributed by atoms with Crippen molar-refractivity contribution < 1.29 is 14.0 Å². The van der Waals surface area contributed by atoms with E-state index in [4.69, 9.17) is 25.6 Å². The van der Waals surface area contributed by atoms with Crippen molar-refractivity contribution in [1.82, 2.24) is 20.8 Å². The summed E-state index contributed by atoms with van der Waals surface area (Å²) in [4.78, 5) is 8.59. The van der Waals surface area contributed by atoms with Crippen molar-refractivity contribution in [2.45, 2.75) is 13.0 Å². The van der Waals surface area contributed by atoms with Gasteiger partial charge in [-0.2, -0.15) is 4.98 Å². The fraction of sp³-hybridized carbons (Fsp3) is 0.250. The zero-order valence-corrected chi connectivity index (χ0v) is 16.6. The molecule has 4 rings (SSSR count). The maximum atomic E-state index is 6.01. The van der Waals surface area contributed by atoms with Crippen LogP contribution in [0.15, 0.2) is 52.0 Å². The van der Waals surface area contributed by atoms with Crippen LogP contribution in [0, 0.1) is 0 Å². The van der Waals surface area contributed by atoms with E-state index in [1.54, 1.807) is 19.2 Å². The van der Waals surface area contributed by atoms with Gasteiger partial charge in [-0.1, -0.05) is 35.0 Å². The summed E-state index contributed by atoms with van der Waals surface area (Å²) in [6.07, 6.45) is 0.816. The summed E-state index contributed by atoms with van der Waals surface area (Å²) < 4.78 is 16.0. The first-order valence-corrected chi connectivity index (χ1v) is 9.50. The molecule has 0 fully saturated rings. The maximum absolute atomic E-state index is 6.01. The van der Waals surface area contributed by atoms with Gasteiger partial charge in [-0.25, -0.2) is 0 Å². The molecule has 150 valence electrons. The number of guanidine groups is 1. The standard InChI is InChI=1S/C20H20ClN5O3/c1-22-20(23-8-7-13-5-6-16-17(9-13)28-12-27-16)24-11-18-25-19(26-29-18)14-3-2-4-15(21)10-14/h2-6,9-10H,7-8,11-12H2,1H3,(H2,22,23,24). The summed E-state index contributed by atoms with van der Waals surface area (Å²) >= 11 is 6.01. The normalized spacial score (nSPS) is 12.8. The molecule has 0 unspecified atom stereocenters. The molecule has 0 atom stereocenters. The Balaban J connectivity index is 1.26. The van der Waals surface area contributed by atoms with Crippen LogP contribution in [0.4, 0.5) is 0 Å². The maximum Gasteiger partial charge on any atom is 0.246 e. The zero-order chi connectivity index (χ0) is 20.1. The van der Waals surface area contributed by atoms with E-state index < -0.39 is 0 Å². The van der Waals surface area contributed by atoms with Gasteiger partial charge in [0.1, 0.15) is 0 Å². The highest BCUT2D eigenvalue weighted by molar-refractivity contribution is 6.30. The van der Waals surface area contributed by atoms with Crippen LogP contribution >= 0.6 is 11.6 Å². The van der Waals surface area contributed by atoms with Crippen molar-refractivity contribution in [3.05, 3.63) is 58.9 Å².